The molecule has 0 radical (unpaired) electrons. The maximum atomic E-state index is 12.1. The molecular formula is C12H17N3O3. The highest BCUT2D eigenvalue weighted by atomic mass is 16.5. The van der Waals surface area contributed by atoms with Crippen LogP contribution in [0, 0.1) is 0 Å². The van der Waals surface area contributed by atoms with E-state index in [0.29, 0.717) is 6.54 Å². The van der Waals surface area contributed by atoms with Crippen LogP contribution >= 0.6 is 0 Å². The van der Waals surface area contributed by atoms with E-state index in [4.69, 9.17) is 15.7 Å². The second kappa shape index (κ2) is 5.22. The third kappa shape index (κ3) is 2.53. The highest BCUT2D eigenvalue weighted by Gasteiger charge is 2.22. The van der Waals surface area contributed by atoms with Gasteiger partial charge in [-0.3, -0.25) is 4.79 Å². The van der Waals surface area contributed by atoms with E-state index in [2.05, 4.69) is 5.16 Å². The summed E-state index contributed by atoms with van der Waals surface area (Å²) in [7, 11) is 0. The predicted molar refractivity (Wildman–Crippen MR) is 66.8 cm³/mol. The summed E-state index contributed by atoms with van der Waals surface area (Å²) in [5, 5.41) is 11.5. The molecule has 3 N–H and O–H groups in total. The molecule has 0 spiro atoms. The number of oxime groups is 1. The first-order valence-corrected chi connectivity index (χ1v) is 5.94. The van der Waals surface area contributed by atoms with Crippen molar-refractivity contribution >= 4 is 5.84 Å². The molecule has 18 heavy (non-hydrogen) atoms. The lowest BCUT2D eigenvalue weighted by atomic mass is 10.2. The Bertz CT molecular complexity index is 510. The highest BCUT2D eigenvalue weighted by Crippen LogP contribution is 2.19. The highest BCUT2D eigenvalue weighted by molar-refractivity contribution is 5.96. The zero-order chi connectivity index (χ0) is 13.1. The summed E-state index contributed by atoms with van der Waals surface area (Å²) in [6.07, 6.45) is 3.95. The van der Waals surface area contributed by atoms with Crippen molar-refractivity contribution in [1.29, 1.82) is 0 Å². The molecule has 1 aliphatic rings. The van der Waals surface area contributed by atoms with E-state index in [1.54, 1.807) is 12.3 Å². The van der Waals surface area contributed by atoms with E-state index in [1.807, 2.05) is 6.92 Å². The van der Waals surface area contributed by atoms with E-state index in [0.717, 1.165) is 12.8 Å². The Kier molecular flexibility index (Phi) is 3.66. The standard InChI is InChI=1S/C12H17N3O3/c1-8-4-5-9(18-8)7-15-6-2-3-10(12(15)16)11(13)14-17/h2-3,6,8-9,17H,4-5,7H2,1H3,(H2,13,14). The monoisotopic (exact) mass is 251 g/mol. The van der Waals surface area contributed by atoms with Crippen LogP contribution in [0.25, 0.3) is 0 Å². The van der Waals surface area contributed by atoms with Gasteiger partial charge in [0.15, 0.2) is 5.84 Å². The van der Waals surface area contributed by atoms with Gasteiger partial charge in [0.2, 0.25) is 0 Å². The molecule has 6 heteroatoms. The Morgan fingerprint density at radius 1 is 1.67 bits per heavy atom. The molecule has 2 rings (SSSR count). The summed E-state index contributed by atoms with van der Waals surface area (Å²) in [4.78, 5) is 12.1. The number of hydrogen-bond donors (Lipinski definition) is 2. The molecule has 2 heterocycles. The van der Waals surface area contributed by atoms with E-state index in [-0.39, 0.29) is 29.2 Å². The van der Waals surface area contributed by atoms with Crippen LogP contribution in [0.1, 0.15) is 25.3 Å². The van der Waals surface area contributed by atoms with Crippen molar-refractivity contribution in [3.05, 3.63) is 34.2 Å². The second-order valence-corrected chi connectivity index (χ2v) is 4.51. The first-order chi connectivity index (χ1) is 8.61. The Hall–Kier alpha value is -1.82. The van der Waals surface area contributed by atoms with Gasteiger partial charge in [-0.2, -0.15) is 0 Å². The second-order valence-electron chi connectivity index (χ2n) is 4.51. The van der Waals surface area contributed by atoms with Crippen molar-refractivity contribution < 1.29 is 9.94 Å². The van der Waals surface area contributed by atoms with E-state index < -0.39 is 0 Å². The number of rotatable bonds is 3. The average molecular weight is 251 g/mol. The molecule has 1 aliphatic heterocycles. The van der Waals surface area contributed by atoms with Crippen LogP contribution in [-0.4, -0.2) is 27.8 Å². The van der Waals surface area contributed by atoms with Crippen LogP contribution in [0.2, 0.25) is 0 Å². The Labute approximate surface area is 105 Å². The Balaban J connectivity index is 2.21. The molecule has 2 atom stereocenters. The van der Waals surface area contributed by atoms with Crippen molar-refractivity contribution in [1.82, 2.24) is 4.57 Å². The summed E-state index contributed by atoms with van der Waals surface area (Å²) in [6.45, 7) is 2.52. The summed E-state index contributed by atoms with van der Waals surface area (Å²) in [6, 6.07) is 3.24. The minimum Gasteiger partial charge on any atom is -0.409 e. The van der Waals surface area contributed by atoms with Gasteiger partial charge < -0.3 is 20.2 Å². The van der Waals surface area contributed by atoms with Gasteiger partial charge in [-0.15, -0.1) is 0 Å². The summed E-state index contributed by atoms with van der Waals surface area (Å²) in [5.41, 5.74) is 5.38. The largest absolute Gasteiger partial charge is 0.409 e. The summed E-state index contributed by atoms with van der Waals surface area (Å²) in [5.74, 6) is -0.171. The number of nitrogens with zero attached hydrogens (tertiary/aromatic N) is 2. The fourth-order valence-corrected chi connectivity index (χ4v) is 2.17. The third-order valence-corrected chi connectivity index (χ3v) is 3.12. The van der Waals surface area contributed by atoms with Crippen LogP contribution in [-0.2, 0) is 11.3 Å². The van der Waals surface area contributed by atoms with Crippen molar-refractivity contribution in [3.8, 4) is 0 Å². The first kappa shape index (κ1) is 12.6. The molecule has 6 nitrogen and oxygen atoms in total. The van der Waals surface area contributed by atoms with Crippen molar-refractivity contribution in [3.63, 3.8) is 0 Å². The van der Waals surface area contributed by atoms with Crippen molar-refractivity contribution in [2.24, 2.45) is 10.9 Å². The minimum atomic E-state index is -0.268. The van der Waals surface area contributed by atoms with Gasteiger partial charge in [0.05, 0.1) is 24.3 Å². The van der Waals surface area contributed by atoms with Crippen molar-refractivity contribution in [2.75, 3.05) is 0 Å². The van der Waals surface area contributed by atoms with Gasteiger partial charge in [-0.25, -0.2) is 0 Å². The quantitative estimate of drug-likeness (QED) is 0.354. The third-order valence-electron chi connectivity index (χ3n) is 3.12. The maximum Gasteiger partial charge on any atom is 0.261 e. The topological polar surface area (TPSA) is 89.8 Å². The summed E-state index contributed by atoms with van der Waals surface area (Å²) >= 11 is 0. The number of ether oxygens (including phenoxy) is 1. The molecule has 0 aromatic carbocycles. The normalized spacial score (nSPS) is 24.4. The first-order valence-electron chi connectivity index (χ1n) is 5.94. The van der Waals surface area contributed by atoms with Gasteiger partial charge in [0.1, 0.15) is 0 Å². The fourth-order valence-electron chi connectivity index (χ4n) is 2.17. The van der Waals surface area contributed by atoms with Crippen LogP contribution < -0.4 is 11.3 Å². The number of aromatic nitrogens is 1. The molecule has 2 unspecified atom stereocenters. The van der Waals surface area contributed by atoms with Crippen LogP contribution in [0.5, 0.6) is 0 Å². The molecule has 1 aromatic rings. The number of nitrogens with two attached hydrogens (primary N) is 1. The molecule has 0 aliphatic carbocycles. The molecule has 98 valence electrons. The van der Waals surface area contributed by atoms with Crippen LogP contribution in [0.3, 0.4) is 0 Å². The number of pyridine rings is 1. The molecule has 0 bridgehead atoms. The molecule has 0 saturated carbocycles. The van der Waals surface area contributed by atoms with Crippen molar-refractivity contribution in [2.45, 2.75) is 38.5 Å². The fraction of sp³-hybridized carbons (Fsp3) is 0.500. The molecular weight excluding hydrogens is 234 g/mol. The van der Waals surface area contributed by atoms with Crippen LogP contribution in [0.15, 0.2) is 28.3 Å². The zero-order valence-corrected chi connectivity index (χ0v) is 10.2. The number of hydrogen-bond acceptors (Lipinski definition) is 4. The van der Waals surface area contributed by atoms with E-state index in [1.165, 1.54) is 10.6 Å². The molecule has 1 fully saturated rings. The lowest BCUT2D eigenvalue weighted by molar-refractivity contribution is 0.0452. The SMILES string of the molecule is CC1CCC(Cn2cccc(/C(N)=N/O)c2=O)O1. The van der Waals surface area contributed by atoms with Gasteiger partial charge in [0.25, 0.3) is 5.56 Å². The predicted octanol–water partition coefficient (Wildman–Crippen LogP) is 0.510. The Morgan fingerprint density at radius 2 is 2.44 bits per heavy atom. The van der Waals surface area contributed by atoms with Gasteiger partial charge >= 0.3 is 0 Å². The van der Waals surface area contributed by atoms with Gasteiger partial charge in [0, 0.05) is 6.20 Å². The number of amidine groups is 1. The molecule has 0 amide bonds. The molecule has 1 saturated heterocycles. The maximum absolute atomic E-state index is 12.1. The van der Waals surface area contributed by atoms with Gasteiger partial charge in [-0.05, 0) is 31.9 Å². The lowest BCUT2D eigenvalue weighted by Gasteiger charge is -2.13. The van der Waals surface area contributed by atoms with E-state index in [9.17, 15) is 4.79 Å². The molecule has 1 aromatic heterocycles. The van der Waals surface area contributed by atoms with Gasteiger partial charge in [-0.1, -0.05) is 5.16 Å². The average Bonchev–Trinajstić information content (AvgIpc) is 2.76. The zero-order valence-electron chi connectivity index (χ0n) is 10.2. The smallest absolute Gasteiger partial charge is 0.261 e. The van der Waals surface area contributed by atoms with Crippen LogP contribution in [0.4, 0.5) is 0 Å². The summed E-state index contributed by atoms with van der Waals surface area (Å²) < 4.78 is 7.21. The van der Waals surface area contributed by atoms with E-state index >= 15 is 0 Å². The Morgan fingerprint density at radius 3 is 3.06 bits per heavy atom. The minimum absolute atomic E-state index is 0.0558. The lowest BCUT2D eigenvalue weighted by Crippen LogP contribution is -2.32.